The Morgan fingerprint density at radius 2 is 1.69 bits per heavy atom. The Morgan fingerprint density at radius 3 is 2.19 bits per heavy atom. The van der Waals surface area contributed by atoms with Gasteiger partial charge in [0.05, 0.1) is 12.6 Å². The molecule has 150 valence electrons. The molecule has 2 unspecified atom stereocenters. The first-order chi connectivity index (χ1) is 12.2. The average molecular weight is 379 g/mol. The lowest BCUT2D eigenvalue weighted by Crippen LogP contribution is -2.57. The molecule has 2 aliphatic heterocycles. The fraction of sp³-hybridized carbons (Fsp3) is 0.875. The Kier molecular flexibility index (Phi) is 7.10. The molecule has 0 bridgehead atoms. The van der Waals surface area contributed by atoms with Gasteiger partial charge in [-0.2, -0.15) is 13.2 Å². The van der Waals surface area contributed by atoms with E-state index in [4.69, 9.17) is 5.11 Å². The number of likely N-dealkylation sites (tertiary alicyclic amines) is 1. The largest absolute Gasteiger partial charge is 0.416 e. The first-order valence-electron chi connectivity index (χ1n) is 8.97. The van der Waals surface area contributed by atoms with Crippen molar-refractivity contribution in [3.05, 3.63) is 0 Å². The lowest BCUT2D eigenvalue weighted by Gasteiger charge is -2.39. The second kappa shape index (κ2) is 8.90. The molecule has 0 aromatic rings. The normalized spacial score (nSPS) is 22.5. The minimum Gasteiger partial charge on any atom is -0.382 e. The summed E-state index contributed by atoms with van der Waals surface area (Å²) in [6.07, 6.45) is -4.98. The maximum atomic E-state index is 12.5. The van der Waals surface area contributed by atoms with Gasteiger partial charge >= 0.3 is 6.18 Å². The first-order valence-corrected chi connectivity index (χ1v) is 8.97. The monoisotopic (exact) mass is 379 g/mol. The van der Waals surface area contributed by atoms with E-state index in [1.54, 1.807) is 0 Å². The number of alkyl halides is 3. The van der Waals surface area contributed by atoms with Crippen LogP contribution in [0.5, 0.6) is 0 Å². The molecule has 2 rings (SSSR count). The van der Waals surface area contributed by atoms with E-state index in [-0.39, 0.29) is 11.9 Å². The number of nitrogens with zero attached hydrogens (tertiary/aromatic N) is 4. The number of nitrogens with one attached hydrogen (secondary N) is 1. The van der Waals surface area contributed by atoms with Gasteiger partial charge < -0.3 is 20.2 Å². The van der Waals surface area contributed by atoms with Crippen molar-refractivity contribution >= 4 is 11.9 Å². The predicted octanol–water partition coefficient (Wildman–Crippen LogP) is 0.114. The van der Waals surface area contributed by atoms with E-state index >= 15 is 0 Å². The molecule has 7 nitrogen and oxygen atoms in total. The van der Waals surface area contributed by atoms with Crippen molar-refractivity contribution in [3.63, 3.8) is 0 Å². The molecule has 0 aromatic heterocycles. The molecular weight excluding hydrogens is 351 g/mol. The van der Waals surface area contributed by atoms with Gasteiger partial charge in [0.25, 0.3) is 0 Å². The fourth-order valence-corrected chi connectivity index (χ4v) is 3.31. The Balaban J connectivity index is 1.81. The third-order valence-electron chi connectivity index (χ3n) is 4.98. The van der Waals surface area contributed by atoms with Crippen LogP contribution in [-0.4, -0.2) is 103 Å². The SMILES string of the molecule is CN=C(NCC(O)C(F)(F)F)N1CCN(C(C)C(=O)N2CCCC2)CC1. The van der Waals surface area contributed by atoms with E-state index in [1.807, 2.05) is 16.7 Å². The van der Waals surface area contributed by atoms with Crippen LogP contribution in [0.3, 0.4) is 0 Å². The van der Waals surface area contributed by atoms with Crippen molar-refractivity contribution in [2.75, 3.05) is 52.9 Å². The molecule has 2 atom stereocenters. The second-order valence-corrected chi connectivity index (χ2v) is 6.72. The standard InChI is InChI=1S/C16H28F3N5O2/c1-12(14(26)23-5-3-4-6-23)22-7-9-24(10-8-22)15(20-2)21-11-13(25)16(17,18)19/h12-13,25H,3-11H2,1-2H3,(H,20,21). The Bertz CT molecular complexity index is 501. The molecule has 0 spiro atoms. The zero-order valence-corrected chi connectivity index (χ0v) is 15.3. The Labute approximate surface area is 151 Å². The van der Waals surface area contributed by atoms with Gasteiger partial charge in [0.2, 0.25) is 5.91 Å². The molecule has 2 heterocycles. The van der Waals surface area contributed by atoms with E-state index in [1.165, 1.54) is 7.05 Å². The predicted molar refractivity (Wildman–Crippen MR) is 91.8 cm³/mol. The number of rotatable bonds is 4. The Morgan fingerprint density at radius 1 is 1.12 bits per heavy atom. The summed E-state index contributed by atoms with van der Waals surface area (Å²) >= 11 is 0. The summed E-state index contributed by atoms with van der Waals surface area (Å²) in [5.41, 5.74) is 0. The highest BCUT2D eigenvalue weighted by atomic mass is 19.4. The van der Waals surface area contributed by atoms with E-state index in [2.05, 4.69) is 15.2 Å². The third-order valence-corrected chi connectivity index (χ3v) is 4.98. The molecule has 2 saturated heterocycles. The van der Waals surface area contributed by atoms with E-state index < -0.39 is 18.8 Å². The van der Waals surface area contributed by atoms with Crippen LogP contribution < -0.4 is 5.32 Å². The number of aliphatic hydroxyl groups excluding tert-OH is 1. The van der Waals surface area contributed by atoms with Crippen molar-refractivity contribution in [1.29, 1.82) is 0 Å². The van der Waals surface area contributed by atoms with E-state index in [0.717, 1.165) is 25.9 Å². The summed E-state index contributed by atoms with van der Waals surface area (Å²) in [6.45, 7) is 5.27. The number of hydrogen-bond donors (Lipinski definition) is 2. The maximum absolute atomic E-state index is 12.5. The van der Waals surface area contributed by atoms with Crippen LogP contribution in [0.1, 0.15) is 19.8 Å². The molecule has 0 saturated carbocycles. The summed E-state index contributed by atoms with van der Waals surface area (Å²) in [7, 11) is 1.49. The first kappa shape index (κ1) is 20.8. The smallest absolute Gasteiger partial charge is 0.382 e. The number of halogens is 3. The summed E-state index contributed by atoms with van der Waals surface area (Å²) < 4.78 is 37.2. The highest BCUT2D eigenvalue weighted by Gasteiger charge is 2.38. The molecule has 2 fully saturated rings. The van der Waals surface area contributed by atoms with Crippen LogP contribution in [0.25, 0.3) is 0 Å². The zero-order valence-electron chi connectivity index (χ0n) is 15.3. The molecule has 0 radical (unpaired) electrons. The lowest BCUT2D eigenvalue weighted by atomic mass is 10.2. The number of guanidine groups is 1. The molecular formula is C16H28F3N5O2. The number of carbonyl (C=O) groups is 1. The minimum absolute atomic E-state index is 0.145. The molecule has 2 aliphatic rings. The zero-order chi connectivity index (χ0) is 19.3. The minimum atomic E-state index is -4.66. The molecule has 1 amide bonds. The number of hydrogen-bond acceptors (Lipinski definition) is 4. The molecule has 0 aliphatic carbocycles. The van der Waals surface area contributed by atoms with Gasteiger partial charge in [-0.15, -0.1) is 0 Å². The van der Waals surface area contributed by atoms with Crippen molar-refractivity contribution in [2.45, 2.75) is 38.1 Å². The number of aliphatic hydroxyl groups is 1. The van der Waals surface area contributed by atoms with Gasteiger partial charge in [-0.3, -0.25) is 14.7 Å². The lowest BCUT2D eigenvalue weighted by molar-refractivity contribution is -0.201. The van der Waals surface area contributed by atoms with E-state index in [0.29, 0.717) is 32.1 Å². The van der Waals surface area contributed by atoms with Crippen molar-refractivity contribution < 1.29 is 23.1 Å². The molecule has 26 heavy (non-hydrogen) atoms. The fourth-order valence-electron chi connectivity index (χ4n) is 3.31. The quantitative estimate of drug-likeness (QED) is 0.536. The van der Waals surface area contributed by atoms with Crippen LogP contribution >= 0.6 is 0 Å². The summed E-state index contributed by atoms with van der Waals surface area (Å²) in [5.74, 6) is 0.471. The van der Waals surface area contributed by atoms with Crippen molar-refractivity contribution in [3.8, 4) is 0 Å². The van der Waals surface area contributed by atoms with Crippen LogP contribution in [0.4, 0.5) is 13.2 Å². The average Bonchev–Trinajstić information content (AvgIpc) is 3.15. The highest BCUT2D eigenvalue weighted by Crippen LogP contribution is 2.19. The van der Waals surface area contributed by atoms with Gasteiger partial charge in [0, 0.05) is 46.3 Å². The van der Waals surface area contributed by atoms with Crippen LogP contribution in [0.15, 0.2) is 4.99 Å². The van der Waals surface area contributed by atoms with Crippen molar-refractivity contribution in [2.24, 2.45) is 4.99 Å². The molecule has 2 N–H and O–H groups in total. The second-order valence-electron chi connectivity index (χ2n) is 6.72. The van der Waals surface area contributed by atoms with Crippen LogP contribution in [0.2, 0.25) is 0 Å². The summed E-state index contributed by atoms with van der Waals surface area (Å²) in [4.78, 5) is 22.3. The number of carbonyl (C=O) groups excluding carboxylic acids is 1. The van der Waals surface area contributed by atoms with Crippen molar-refractivity contribution in [1.82, 2.24) is 20.0 Å². The Hall–Kier alpha value is -1.55. The maximum Gasteiger partial charge on any atom is 0.416 e. The number of aliphatic imine (C=N–C) groups is 1. The molecule has 0 aromatic carbocycles. The summed E-state index contributed by atoms with van der Waals surface area (Å²) in [6, 6.07) is -0.197. The van der Waals surface area contributed by atoms with E-state index in [9.17, 15) is 18.0 Å². The topological polar surface area (TPSA) is 71.4 Å². The van der Waals surface area contributed by atoms with Gasteiger partial charge in [-0.25, -0.2) is 0 Å². The van der Waals surface area contributed by atoms with Gasteiger partial charge in [-0.05, 0) is 19.8 Å². The van der Waals surface area contributed by atoms with Crippen LogP contribution in [0, 0.1) is 0 Å². The number of piperazine rings is 1. The summed E-state index contributed by atoms with van der Waals surface area (Å²) in [5, 5.41) is 11.7. The van der Waals surface area contributed by atoms with Gasteiger partial charge in [0.1, 0.15) is 0 Å². The highest BCUT2D eigenvalue weighted by molar-refractivity contribution is 5.82. The molecule has 10 heteroatoms. The third kappa shape index (κ3) is 5.23. The van der Waals surface area contributed by atoms with Gasteiger partial charge in [-0.1, -0.05) is 0 Å². The number of amides is 1. The van der Waals surface area contributed by atoms with Crippen LogP contribution in [-0.2, 0) is 4.79 Å². The van der Waals surface area contributed by atoms with Gasteiger partial charge in [0.15, 0.2) is 12.1 Å².